The predicted molar refractivity (Wildman–Crippen MR) is 96.0 cm³/mol. The molecule has 0 radical (unpaired) electrons. The van der Waals surface area contributed by atoms with Crippen molar-refractivity contribution in [3.63, 3.8) is 0 Å². The summed E-state index contributed by atoms with van der Waals surface area (Å²) in [5.41, 5.74) is -0.210. The number of hydrogen-bond acceptors (Lipinski definition) is 3. The van der Waals surface area contributed by atoms with Gasteiger partial charge in [0.05, 0.1) is 23.3 Å². The van der Waals surface area contributed by atoms with E-state index in [1.165, 1.54) is 12.8 Å². The Hall–Kier alpha value is -1.74. The van der Waals surface area contributed by atoms with Gasteiger partial charge in [-0.25, -0.2) is 13.2 Å². The van der Waals surface area contributed by atoms with E-state index < -0.39 is 20.0 Å². The van der Waals surface area contributed by atoms with Crippen LogP contribution in [0.1, 0.15) is 68.2 Å². The van der Waals surface area contributed by atoms with Crippen LogP contribution in [0.5, 0.6) is 0 Å². The molecule has 0 aliphatic rings. The number of carbonyl (C=O) groups is 1. The summed E-state index contributed by atoms with van der Waals surface area (Å²) in [6.45, 7) is 1.62. The number of rotatable bonds is 9. The maximum Gasteiger partial charge on any atom is 0.305 e. The highest BCUT2D eigenvalue weighted by molar-refractivity contribution is 6.32. The number of esters is 1. The van der Waals surface area contributed by atoms with Gasteiger partial charge >= 0.3 is 5.97 Å². The minimum absolute atomic E-state index is 0.00347. The quantitative estimate of drug-likeness (QED) is 0.375. The van der Waals surface area contributed by atoms with E-state index in [-0.39, 0.29) is 33.2 Å². The van der Waals surface area contributed by atoms with E-state index in [2.05, 4.69) is 6.92 Å². The van der Waals surface area contributed by atoms with Gasteiger partial charge in [-0.1, -0.05) is 37.8 Å². The Morgan fingerprint density at radius 1 is 1.12 bits per heavy atom. The van der Waals surface area contributed by atoms with Gasteiger partial charge in [0, 0.05) is 17.5 Å². The molecule has 1 aromatic rings. The lowest BCUT2D eigenvalue weighted by molar-refractivity contribution is -0.143. The number of nitrogens with zero attached hydrogens (tertiary/aromatic N) is 1. The monoisotopic (exact) mass is 391 g/mol. The molecule has 0 heterocycles. The number of nitriles is 1. The fraction of sp³-hybridized carbons (Fsp3) is 0.579. The molecule has 1 rings (SSSR count). The van der Waals surface area contributed by atoms with Crippen LogP contribution >= 0.6 is 11.6 Å². The second-order valence-corrected chi connectivity index (χ2v) is 5.86. The Morgan fingerprint density at radius 3 is 2.23 bits per heavy atom. The number of alkyl halides is 3. The van der Waals surface area contributed by atoms with Gasteiger partial charge in [-0.15, -0.1) is 0 Å². The standard InChI is InChI=1S/C10H7ClF3N.C9H18O2/c11-10-8(3-13)6(2-12)1-7(5-15)9(10)4-14;1-3-5-6-7-8-9(10)11-4-2/h1H,2-4H2;3-8H2,1-2H3. The van der Waals surface area contributed by atoms with Gasteiger partial charge in [0.1, 0.15) is 20.0 Å². The third kappa shape index (κ3) is 8.09. The summed E-state index contributed by atoms with van der Waals surface area (Å²) < 4.78 is 42.3. The van der Waals surface area contributed by atoms with Crippen LogP contribution in [0.2, 0.25) is 5.02 Å². The van der Waals surface area contributed by atoms with Gasteiger partial charge in [-0.3, -0.25) is 4.79 Å². The fourth-order valence-corrected chi connectivity index (χ4v) is 2.54. The molecular weight excluding hydrogens is 367 g/mol. The van der Waals surface area contributed by atoms with Crippen LogP contribution in [0.25, 0.3) is 0 Å². The molecule has 7 heteroatoms. The van der Waals surface area contributed by atoms with Gasteiger partial charge in [0.2, 0.25) is 0 Å². The van der Waals surface area contributed by atoms with Crippen LogP contribution in [0.15, 0.2) is 6.07 Å². The Balaban J connectivity index is 0.000000508. The molecule has 0 amide bonds. The zero-order valence-corrected chi connectivity index (χ0v) is 16.0. The minimum atomic E-state index is -0.975. The highest BCUT2D eigenvalue weighted by Gasteiger charge is 2.16. The maximum absolute atomic E-state index is 12.5. The molecule has 0 N–H and O–H groups in total. The summed E-state index contributed by atoms with van der Waals surface area (Å²) in [6.07, 6.45) is 5.15. The molecule has 146 valence electrons. The molecule has 0 bridgehead atoms. The van der Waals surface area contributed by atoms with Crippen molar-refractivity contribution in [2.24, 2.45) is 0 Å². The maximum atomic E-state index is 12.5. The molecule has 1 aromatic carbocycles. The second kappa shape index (κ2) is 14.4. The Bertz CT molecular complexity index is 603. The first-order valence-corrected chi connectivity index (χ1v) is 8.95. The Labute approximate surface area is 158 Å². The second-order valence-electron chi connectivity index (χ2n) is 5.48. The van der Waals surface area contributed by atoms with Crippen molar-refractivity contribution in [2.75, 3.05) is 6.61 Å². The topological polar surface area (TPSA) is 50.1 Å². The molecule has 0 aliphatic carbocycles. The molecule has 0 atom stereocenters. The Kier molecular flexibility index (Phi) is 13.5. The van der Waals surface area contributed by atoms with Crippen molar-refractivity contribution < 1.29 is 22.7 Å². The van der Waals surface area contributed by atoms with E-state index >= 15 is 0 Å². The number of hydrogen-bond donors (Lipinski definition) is 0. The van der Waals surface area contributed by atoms with Gasteiger partial charge in [0.25, 0.3) is 0 Å². The van der Waals surface area contributed by atoms with Crippen LogP contribution in [-0.4, -0.2) is 12.6 Å². The molecule has 0 aliphatic heterocycles. The van der Waals surface area contributed by atoms with Crippen LogP contribution < -0.4 is 0 Å². The highest BCUT2D eigenvalue weighted by Crippen LogP contribution is 2.30. The molecule has 0 aromatic heterocycles. The van der Waals surface area contributed by atoms with Crippen molar-refractivity contribution in [1.82, 2.24) is 0 Å². The largest absolute Gasteiger partial charge is 0.466 e. The molecule has 0 spiro atoms. The van der Waals surface area contributed by atoms with E-state index in [0.717, 1.165) is 18.9 Å². The number of ether oxygens (including phenoxy) is 1. The average molecular weight is 392 g/mol. The van der Waals surface area contributed by atoms with Crippen molar-refractivity contribution in [1.29, 1.82) is 5.26 Å². The van der Waals surface area contributed by atoms with Crippen LogP contribution in [-0.2, 0) is 29.6 Å². The van der Waals surface area contributed by atoms with Crippen molar-refractivity contribution in [3.8, 4) is 6.07 Å². The van der Waals surface area contributed by atoms with Gasteiger partial charge in [0.15, 0.2) is 0 Å². The normalized spacial score (nSPS) is 9.88. The number of unbranched alkanes of at least 4 members (excludes halogenated alkanes) is 3. The van der Waals surface area contributed by atoms with E-state index in [1.807, 2.05) is 6.92 Å². The molecule has 26 heavy (non-hydrogen) atoms. The van der Waals surface area contributed by atoms with Gasteiger partial charge in [-0.05, 0) is 25.0 Å². The summed E-state index contributed by atoms with van der Waals surface area (Å²) in [5, 5.41) is 8.48. The Morgan fingerprint density at radius 2 is 1.77 bits per heavy atom. The SMILES string of the molecule is CCCCCCC(=O)OCC.N#Cc1cc(CF)c(CF)c(Cl)c1CF. The van der Waals surface area contributed by atoms with E-state index in [1.54, 1.807) is 6.07 Å². The smallest absolute Gasteiger partial charge is 0.305 e. The number of halogens is 4. The van der Waals surface area contributed by atoms with E-state index in [9.17, 15) is 18.0 Å². The molecule has 0 saturated carbocycles. The van der Waals surface area contributed by atoms with E-state index in [0.29, 0.717) is 13.0 Å². The molecule has 0 fully saturated rings. The number of carbonyl (C=O) groups excluding carboxylic acids is 1. The summed E-state index contributed by atoms with van der Waals surface area (Å²) in [7, 11) is 0. The lowest BCUT2D eigenvalue weighted by atomic mass is 10.0. The first kappa shape index (κ1) is 24.3. The minimum Gasteiger partial charge on any atom is -0.466 e. The number of benzene rings is 1. The summed E-state index contributed by atoms with van der Waals surface area (Å²) in [6, 6.07) is 2.83. The summed E-state index contributed by atoms with van der Waals surface area (Å²) >= 11 is 5.68. The van der Waals surface area contributed by atoms with Crippen LogP contribution in [0.3, 0.4) is 0 Å². The van der Waals surface area contributed by atoms with Crippen molar-refractivity contribution in [3.05, 3.63) is 33.3 Å². The van der Waals surface area contributed by atoms with Crippen LogP contribution in [0, 0.1) is 11.3 Å². The van der Waals surface area contributed by atoms with Crippen LogP contribution in [0.4, 0.5) is 13.2 Å². The zero-order chi connectivity index (χ0) is 19.9. The predicted octanol–water partition coefficient (Wildman–Crippen LogP) is 6.14. The summed E-state index contributed by atoms with van der Waals surface area (Å²) in [4.78, 5) is 10.8. The third-order valence-electron chi connectivity index (χ3n) is 3.63. The molecule has 0 unspecified atom stereocenters. The summed E-state index contributed by atoms with van der Waals surface area (Å²) in [5.74, 6) is -0.0522. The molecule has 3 nitrogen and oxygen atoms in total. The van der Waals surface area contributed by atoms with Gasteiger partial charge < -0.3 is 4.74 Å². The van der Waals surface area contributed by atoms with Crippen molar-refractivity contribution in [2.45, 2.75) is 66.0 Å². The van der Waals surface area contributed by atoms with Crippen molar-refractivity contribution >= 4 is 17.6 Å². The molecular formula is C19H25ClF3NO2. The third-order valence-corrected chi connectivity index (χ3v) is 4.09. The lowest BCUT2D eigenvalue weighted by Crippen LogP contribution is -2.02. The highest BCUT2D eigenvalue weighted by atomic mass is 35.5. The molecule has 0 saturated heterocycles. The average Bonchev–Trinajstić information content (AvgIpc) is 2.65. The fourth-order valence-electron chi connectivity index (χ4n) is 2.21. The van der Waals surface area contributed by atoms with E-state index in [4.69, 9.17) is 21.6 Å². The zero-order valence-electron chi connectivity index (χ0n) is 15.2. The van der Waals surface area contributed by atoms with Gasteiger partial charge in [-0.2, -0.15) is 5.26 Å². The first-order valence-electron chi connectivity index (χ1n) is 8.57. The lowest BCUT2D eigenvalue weighted by Gasteiger charge is -2.10. The first-order chi connectivity index (χ1) is 12.5.